The molecule has 3 N–H and O–H groups in total. The van der Waals surface area contributed by atoms with Crippen LogP contribution in [0.5, 0.6) is 0 Å². The summed E-state index contributed by atoms with van der Waals surface area (Å²) in [6.45, 7) is 0. The maximum Gasteiger partial charge on any atom is 0.264 e. The standard InChI is InChI=1S/C12H8FN3O2/c13-8-4-2-1-3-6(8)7-5-18-11-9(7)10(17)15-12(14)16-11/h1-5H,(H3,14,15,16,17). The average Bonchev–Trinajstić information content (AvgIpc) is 2.73. The van der Waals surface area contributed by atoms with Crippen LogP contribution in [-0.2, 0) is 0 Å². The SMILES string of the molecule is Nc1nc2occ(-c3ccccc3F)c2c(=O)[nH]1. The van der Waals surface area contributed by atoms with E-state index < -0.39 is 11.4 Å². The van der Waals surface area contributed by atoms with Crippen LogP contribution in [-0.4, -0.2) is 9.97 Å². The van der Waals surface area contributed by atoms with E-state index in [0.717, 1.165) is 0 Å². The Bertz CT molecular complexity index is 791. The molecule has 0 aliphatic carbocycles. The zero-order chi connectivity index (χ0) is 12.7. The van der Waals surface area contributed by atoms with Crippen LogP contribution < -0.4 is 11.3 Å². The Morgan fingerprint density at radius 3 is 2.83 bits per heavy atom. The van der Waals surface area contributed by atoms with Crippen molar-refractivity contribution in [1.29, 1.82) is 0 Å². The summed E-state index contributed by atoms with van der Waals surface area (Å²) >= 11 is 0. The van der Waals surface area contributed by atoms with Gasteiger partial charge in [-0.2, -0.15) is 4.98 Å². The average molecular weight is 245 g/mol. The minimum atomic E-state index is -0.454. The summed E-state index contributed by atoms with van der Waals surface area (Å²) < 4.78 is 18.8. The maximum atomic E-state index is 13.7. The largest absolute Gasteiger partial charge is 0.445 e. The van der Waals surface area contributed by atoms with E-state index in [1.54, 1.807) is 18.2 Å². The molecule has 0 atom stereocenters. The van der Waals surface area contributed by atoms with Crippen LogP contribution in [0.3, 0.4) is 0 Å². The third kappa shape index (κ3) is 1.46. The second-order valence-electron chi connectivity index (χ2n) is 3.76. The summed E-state index contributed by atoms with van der Waals surface area (Å²) in [6, 6.07) is 6.13. The van der Waals surface area contributed by atoms with Gasteiger partial charge in [0.05, 0.1) is 0 Å². The van der Waals surface area contributed by atoms with E-state index in [1.807, 2.05) is 0 Å². The number of aromatic amines is 1. The first kappa shape index (κ1) is 10.5. The fourth-order valence-corrected chi connectivity index (χ4v) is 1.84. The van der Waals surface area contributed by atoms with Crippen molar-refractivity contribution in [2.45, 2.75) is 0 Å². The summed E-state index contributed by atoms with van der Waals surface area (Å²) in [5.74, 6) is -0.474. The Hall–Kier alpha value is -2.63. The fourth-order valence-electron chi connectivity index (χ4n) is 1.84. The second kappa shape index (κ2) is 3.69. The Kier molecular flexibility index (Phi) is 2.16. The highest BCUT2D eigenvalue weighted by molar-refractivity contribution is 5.91. The van der Waals surface area contributed by atoms with Gasteiger partial charge >= 0.3 is 0 Å². The number of nitrogens with one attached hydrogen (secondary N) is 1. The zero-order valence-electron chi connectivity index (χ0n) is 9.11. The van der Waals surface area contributed by atoms with E-state index in [-0.39, 0.29) is 22.6 Å². The second-order valence-corrected chi connectivity index (χ2v) is 3.76. The van der Waals surface area contributed by atoms with Crippen LogP contribution in [0.15, 0.2) is 39.7 Å². The molecule has 3 aromatic rings. The third-order valence-electron chi connectivity index (χ3n) is 2.63. The first-order valence-corrected chi connectivity index (χ1v) is 5.18. The highest BCUT2D eigenvalue weighted by Crippen LogP contribution is 2.29. The van der Waals surface area contributed by atoms with Crippen molar-refractivity contribution in [1.82, 2.24) is 9.97 Å². The lowest BCUT2D eigenvalue weighted by atomic mass is 10.1. The van der Waals surface area contributed by atoms with Crippen LogP contribution >= 0.6 is 0 Å². The Morgan fingerprint density at radius 2 is 2.06 bits per heavy atom. The highest BCUT2D eigenvalue weighted by Gasteiger charge is 2.16. The van der Waals surface area contributed by atoms with Gasteiger partial charge in [0.1, 0.15) is 17.5 Å². The number of aromatic nitrogens is 2. The van der Waals surface area contributed by atoms with Crippen LogP contribution in [0.4, 0.5) is 10.3 Å². The Labute approximate surface area is 100 Å². The number of H-pyrrole nitrogens is 1. The van der Waals surface area contributed by atoms with Crippen molar-refractivity contribution in [3.63, 3.8) is 0 Å². The molecule has 90 valence electrons. The van der Waals surface area contributed by atoms with Gasteiger partial charge in [-0.25, -0.2) is 4.39 Å². The van der Waals surface area contributed by atoms with E-state index >= 15 is 0 Å². The number of anilines is 1. The lowest BCUT2D eigenvalue weighted by molar-refractivity contribution is 0.601. The van der Waals surface area contributed by atoms with E-state index in [9.17, 15) is 9.18 Å². The van der Waals surface area contributed by atoms with Gasteiger partial charge < -0.3 is 10.2 Å². The molecule has 0 bridgehead atoms. The number of nitrogens with two attached hydrogens (primary N) is 1. The highest BCUT2D eigenvalue weighted by atomic mass is 19.1. The number of rotatable bonds is 1. The van der Waals surface area contributed by atoms with Crippen LogP contribution in [0.25, 0.3) is 22.2 Å². The van der Waals surface area contributed by atoms with Gasteiger partial charge in [-0.3, -0.25) is 9.78 Å². The Balaban J connectivity index is 2.39. The molecule has 0 fully saturated rings. The van der Waals surface area contributed by atoms with Crippen LogP contribution in [0, 0.1) is 5.82 Å². The smallest absolute Gasteiger partial charge is 0.264 e. The van der Waals surface area contributed by atoms with Crippen molar-refractivity contribution in [3.05, 3.63) is 46.7 Å². The summed E-state index contributed by atoms with van der Waals surface area (Å²) in [6.07, 6.45) is 1.30. The van der Waals surface area contributed by atoms with Crippen molar-refractivity contribution in [2.75, 3.05) is 5.73 Å². The summed E-state index contributed by atoms with van der Waals surface area (Å²) in [5, 5.41) is 0.189. The number of nitrogens with zero attached hydrogens (tertiary/aromatic N) is 1. The number of benzene rings is 1. The molecule has 0 aliphatic rings. The predicted molar refractivity (Wildman–Crippen MR) is 64.4 cm³/mol. The van der Waals surface area contributed by atoms with Gasteiger partial charge in [0, 0.05) is 11.1 Å². The molecule has 6 heteroatoms. The molecule has 0 aliphatic heterocycles. The predicted octanol–water partition coefficient (Wildman–Crippen LogP) is 1.90. The minimum absolute atomic E-state index is 0.0399. The van der Waals surface area contributed by atoms with Gasteiger partial charge in [-0.05, 0) is 6.07 Å². The topological polar surface area (TPSA) is 84.9 Å². The van der Waals surface area contributed by atoms with Gasteiger partial charge in [0.2, 0.25) is 11.7 Å². The molecule has 0 spiro atoms. The molecule has 0 saturated heterocycles. The fraction of sp³-hybridized carbons (Fsp3) is 0. The number of furan rings is 1. The molecule has 0 amide bonds. The van der Waals surface area contributed by atoms with E-state index in [2.05, 4.69) is 9.97 Å². The first-order chi connectivity index (χ1) is 8.66. The first-order valence-electron chi connectivity index (χ1n) is 5.18. The number of nitrogen functional groups attached to an aromatic ring is 1. The lowest BCUT2D eigenvalue weighted by Crippen LogP contribution is -2.10. The molecule has 3 rings (SSSR count). The summed E-state index contributed by atoms with van der Waals surface area (Å²) in [4.78, 5) is 18.0. The van der Waals surface area contributed by atoms with E-state index in [4.69, 9.17) is 10.2 Å². The monoisotopic (exact) mass is 245 g/mol. The minimum Gasteiger partial charge on any atom is -0.445 e. The number of halogens is 1. The molecule has 5 nitrogen and oxygen atoms in total. The number of fused-ring (bicyclic) bond motifs is 1. The summed E-state index contributed by atoms with van der Waals surface area (Å²) in [5.41, 5.74) is 5.68. The van der Waals surface area contributed by atoms with Crippen molar-refractivity contribution in [3.8, 4) is 11.1 Å². The third-order valence-corrected chi connectivity index (χ3v) is 2.63. The van der Waals surface area contributed by atoms with Crippen LogP contribution in [0.2, 0.25) is 0 Å². The van der Waals surface area contributed by atoms with Gasteiger partial charge in [0.25, 0.3) is 5.56 Å². The van der Waals surface area contributed by atoms with Gasteiger partial charge in [-0.1, -0.05) is 18.2 Å². The molecular weight excluding hydrogens is 237 g/mol. The Morgan fingerprint density at radius 1 is 1.28 bits per heavy atom. The van der Waals surface area contributed by atoms with Gasteiger partial charge in [-0.15, -0.1) is 0 Å². The summed E-state index contributed by atoms with van der Waals surface area (Å²) in [7, 11) is 0. The van der Waals surface area contributed by atoms with E-state index in [0.29, 0.717) is 5.56 Å². The van der Waals surface area contributed by atoms with Crippen molar-refractivity contribution < 1.29 is 8.81 Å². The molecule has 0 radical (unpaired) electrons. The van der Waals surface area contributed by atoms with Gasteiger partial charge in [0.15, 0.2) is 0 Å². The number of hydrogen-bond donors (Lipinski definition) is 2. The normalized spacial score (nSPS) is 10.9. The molecular formula is C12H8FN3O2. The van der Waals surface area contributed by atoms with Crippen molar-refractivity contribution >= 4 is 17.0 Å². The molecule has 18 heavy (non-hydrogen) atoms. The molecule has 1 aromatic carbocycles. The molecule has 0 unspecified atom stereocenters. The van der Waals surface area contributed by atoms with Crippen molar-refractivity contribution in [2.24, 2.45) is 0 Å². The van der Waals surface area contributed by atoms with E-state index in [1.165, 1.54) is 12.3 Å². The maximum absolute atomic E-state index is 13.7. The quantitative estimate of drug-likeness (QED) is 0.685. The zero-order valence-corrected chi connectivity index (χ0v) is 9.11. The lowest BCUT2D eigenvalue weighted by Gasteiger charge is -1.99. The molecule has 2 aromatic heterocycles. The van der Waals surface area contributed by atoms with Crippen LogP contribution in [0.1, 0.15) is 0 Å². The molecule has 2 heterocycles. The molecule has 0 saturated carbocycles. The number of hydrogen-bond acceptors (Lipinski definition) is 4.